The maximum Gasteiger partial charge on any atom is 0.292 e. The highest BCUT2D eigenvalue weighted by Gasteiger charge is 2.18. The van der Waals surface area contributed by atoms with Crippen molar-refractivity contribution < 1.29 is 9.72 Å². The molecule has 0 saturated carbocycles. The lowest BCUT2D eigenvalue weighted by Gasteiger charge is -2.19. The minimum absolute atomic E-state index is 0.0480. The minimum Gasteiger partial charge on any atom is -0.377 e. The molecular weight excluding hydrogens is 234 g/mol. The number of hydrogen-bond acceptors (Lipinski definition) is 4. The quantitative estimate of drug-likeness (QED) is 0.618. The number of primary amides is 1. The highest BCUT2D eigenvalue weighted by molar-refractivity contribution is 5.94. The van der Waals surface area contributed by atoms with Crippen molar-refractivity contribution in [1.29, 1.82) is 0 Å². The number of benzene rings is 1. The number of carbonyl (C=O) groups is 1. The van der Waals surface area contributed by atoms with Crippen LogP contribution in [0, 0.1) is 16.0 Å². The summed E-state index contributed by atoms with van der Waals surface area (Å²) in [5.74, 6) is -0.299. The topological polar surface area (TPSA) is 98.3 Å². The van der Waals surface area contributed by atoms with Gasteiger partial charge >= 0.3 is 0 Å². The zero-order valence-corrected chi connectivity index (χ0v) is 10.6. The van der Waals surface area contributed by atoms with Gasteiger partial charge in [-0.05, 0) is 25.0 Å². The molecule has 0 bridgehead atoms. The Bertz CT molecular complexity index is 472. The maximum atomic E-state index is 11.1. The first-order valence-corrected chi connectivity index (χ1v) is 5.67. The number of rotatable bonds is 5. The molecule has 1 rings (SSSR count). The second-order valence-corrected chi connectivity index (χ2v) is 4.53. The Morgan fingerprint density at radius 1 is 1.39 bits per heavy atom. The maximum absolute atomic E-state index is 11.1. The van der Waals surface area contributed by atoms with E-state index in [0.29, 0.717) is 11.6 Å². The number of nitrogens with zero attached hydrogens (tertiary/aromatic N) is 1. The van der Waals surface area contributed by atoms with E-state index >= 15 is 0 Å². The van der Waals surface area contributed by atoms with Crippen molar-refractivity contribution in [1.82, 2.24) is 0 Å². The molecule has 0 aliphatic carbocycles. The number of carbonyl (C=O) groups excluding carboxylic acids is 1. The van der Waals surface area contributed by atoms with Gasteiger partial charge in [-0.25, -0.2) is 0 Å². The normalized spacial score (nSPS) is 12.2. The smallest absolute Gasteiger partial charge is 0.292 e. The molecule has 0 fully saturated rings. The Balaban J connectivity index is 3.15. The number of nitrogens with one attached hydrogen (secondary N) is 1. The molecule has 0 heterocycles. The van der Waals surface area contributed by atoms with Crippen molar-refractivity contribution in [2.75, 3.05) is 5.32 Å². The van der Waals surface area contributed by atoms with E-state index in [1.54, 1.807) is 0 Å². The summed E-state index contributed by atoms with van der Waals surface area (Å²) in [7, 11) is 0. The second-order valence-electron chi connectivity index (χ2n) is 4.53. The molecule has 0 aliphatic rings. The molecule has 0 saturated heterocycles. The van der Waals surface area contributed by atoms with E-state index < -0.39 is 10.8 Å². The van der Waals surface area contributed by atoms with Gasteiger partial charge in [-0.2, -0.15) is 0 Å². The predicted octanol–water partition coefficient (Wildman–Crippen LogP) is 2.15. The fourth-order valence-corrected chi connectivity index (χ4v) is 1.38. The summed E-state index contributed by atoms with van der Waals surface area (Å²) in [6, 6.07) is 4.10. The van der Waals surface area contributed by atoms with E-state index in [9.17, 15) is 14.9 Å². The van der Waals surface area contributed by atoms with Gasteiger partial charge in [0.2, 0.25) is 5.91 Å². The van der Waals surface area contributed by atoms with Crippen molar-refractivity contribution in [3.8, 4) is 0 Å². The van der Waals surface area contributed by atoms with Gasteiger partial charge in [0, 0.05) is 17.7 Å². The van der Waals surface area contributed by atoms with Gasteiger partial charge in [0.05, 0.1) is 4.92 Å². The molecule has 98 valence electrons. The Morgan fingerprint density at radius 2 is 2.00 bits per heavy atom. The molecule has 18 heavy (non-hydrogen) atoms. The number of nitro benzene ring substituents is 1. The van der Waals surface area contributed by atoms with E-state index in [2.05, 4.69) is 5.32 Å². The van der Waals surface area contributed by atoms with Gasteiger partial charge in [0.25, 0.3) is 5.69 Å². The van der Waals surface area contributed by atoms with Crippen LogP contribution in [0.25, 0.3) is 0 Å². The van der Waals surface area contributed by atoms with Gasteiger partial charge in [-0.15, -0.1) is 0 Å². The largest absolute Gasteiger partial charge is 0.377 e. The number of amides is 1. The van der Waals surface area contributed by atoms with Crippen molar-refractivity contribution in [3.05, 3.63) is 33.9 Å². The van der Waals surface area contributed by atoms with Crippen LogP contribution in [-0.4, -0.2) is 16.9 Å². The van der Waals surface area contributed by atoms with Gasteiger partial charge in [-0.3, -0.25) is 14.9 Å². The van der Waals surface area contributed by atoms with Gasteiger partial charge < -0.3 is 11.1 Å². The van der Waals surface area contributed by atoms with E-state index in [1.165, 1.54) is 18.2 Å². The van der Waals surface area contributed by atoms with Crippen molar-refractivity contribution >= 4 is 17.3 Å². The van der Waals surface area contributed by atoms with Crippen LogP contribution in [0.15, 0.2) is 18.2 Å². The lowest BCUT2D eigenvalue weighted by atomic mass is 10.1. The van der Waals surface area contributed by atoms with E-state index in [0.717, 1.165) is 0 Å². The second kappa shape index (κ2) is 5.48. The van der Waals surface area contributed by atoms with E-state index in [1.807, 2.05) is 20.8 Å². The average Bonchev–Trinajstić information content (AvgIpc) is 2.28. The first-order valence-electron chi connectivity index (χ1n) is 5.67. The predicted molar refractivity (Wildman–Crippen MR) is 69.5 cm³/mol. The summed E-state index contributed by atoms with van der Waals surface area (Å²) < 4.78 is 0. The van der Waals surface area contributed by atoms with Crippen molar-refractivity contribution in [2.24, 2.45) is 11.7 Å². The third-order valence-electron chi connectivity index (χ3n) is 2.86. The minimum atomic E-state index is -0.606. The summed E-state index contributed by atoms with van der Waals surface area (Å²) in [6.45, 7) is 5.92. The lowest BCUT2D eigenvalue weighted by molar-refractivity contribution is -0.384. The molecule has 1 unspecified atom stereocenters. The first-order chi connectivity index (χ1) is 8.32. The average molecular weight is 251 g/mol. The summed E-state index contributed by atoms with van der Waals surface area (Å²) in [5, 5.41) is 13.9. The highest BCUT2D eigenvalue weighted by atomic mass is 16.6. The SMILES string of the molecule is CC(C)C(C)Nc1cc(C(N)=O)ccc1[N+](=O)[O-]. The summed E-state index contributed by atoms with van der Waals surface area (Å²) in [4.78, 5) is 21.5. The Morgan fingerprint density at radius 3 is 2.44 bits per heavy atom. The Labute approximate surface area is 105 Å². The number of nitrogens with two attached hydrogens (primary N) is 1. The molecule has 0 aliphatic heterocycles. The molecule has 3 N–H and O–H groups in total. The molecule has 6 nitrogen and oxygen atoms in total. The summed E-state index contributed by atoms with van der Waals surface area (Å²) >= 11 is 0. The molecule has 6 heteroatoms. The molecule has 0 aromatic heterocycles. The lowest BCUT2D eigenvalue weighted by Crippen LogP contribution is -2.22. The van der Waals surface area contributed by atoms with E-state index in [4.69, 9.17) is 5.73 Å². The van der Waals surface area contributed by atoms with Crippen LogP contribution in [0.5, 0.6) is 0 Å². The van der Waals surface area contributed by atoms with Crippen LogP contribution in [0.1, 0.15) is 31.1 Å². The van der Waals surface area contributed by atoms with Crippen LogP contribution < -0.4 is 11.1 Å². The summed E-state index contributed by atoms with van der Waals surface area (Å²) in [5.41, 5.74) is 5.67. The third kappa shape index (κ3) is 3.19. The zero-order chi connectivity index (χ0) is 13.9. The molecule has 1 atom stereocenters. The molecule has 1 amide bonds. The van der Waals surface area contributed by atoms with Crippen molar-refractivity contribution in [2.45, 2.75) is 26.8 Å². The summed E-state index contributed by atoms with van der Waals surface area (Å²) in [6.07, 6.45) is 0. The number of hydrogen-bond donors (Lipinski definition) is 2. The van der Waals surface area contributed by atoms with Gasteiger partial charge in [0.15, 0.2) is 0 Å². The molecule has 0 spiro atoms. The van der Waals surface area contributed by atoms with Crippen LogP contribution in [0.4, 0.5) is 11.4 Å². The standard InChI is InChI=1S/C12H17N3O3/c1-7(2)8(3)14-10-6-9(12(13)16)4-5-11(10)15(17)18/h4-8,14H,1-3H3,(H2,13,16). The molecular formula is C12H17N3O3. The number of nitro groups is 1. The van der Waals surface area contributed by atoms with Crippen LogP contribution in [-0.2, 0) is 0 Å². The zero-order valence-electron chi connectivity index (χ0n) is 10.6. The number of anilines is 1. The monoisotopic (exact) mass is 251 g/mol. The first kappa shape index (κ1) is 14.0. The van der Waals surface area contributed by atoms with Gasteiger partial charge in [0.1, 0.15) is 5.69 Å². The van der Waals surface area contributed by atoms with Crippen LogP contribution in [0.2, 0.25) is 0 Å². The van der Waals surface area contributed by atoms with E-state index in [-0.39, 0.29) is 17.3 Å². The Hall–Kier alpha value is -2.11. The fourth-order valence-electron chi connectivity index (χ4n) is 1.38. The third-order valence-corrected chi connectivity index (χ3v) is 2.86. The Kier molecular flexibility index (Phi) is 4.25. The highest BCUT2D eigenvalue weighted by Crippen LogP contribution is 2.27. The van der Waals surface area contributed by atoms with Crippen LogP contribution in [0.3, 0.4) is 0 Å². The molecule has 1 aromatic carbocycles. The van der Waals surface area contributed by atoms with Gasteiger partial charge in [-0.1, -0.05) is 13.8 Å². The molecule has 1 aromatic rings. The molecule has 0 radical (unpaired) electrons. The fraction of sp³-hybridized carbons (Fsp3) is 0.417. The van der Waals surface area contributed by atoms with Crippen molar-refractivity contribution in [3.63, 3.8) is 0 Å². The van der Waals surface area contributed by atoms with Crippen LogP contribution >= 0.6 is 0 Å².